The molecule has 0 atom stereocenters. The quantitative estimate of drug-likeness (QED) is 0.776. The Morgan fingerprint density at radius 2 is 2.05 bits per heavy atom. The first-order valence-electron chi connectivity index (χ1n) is 6.43. The number of hydrogen-bond acceptors (Lipinski definition) is 5. The molecule has 3 aromatic rings. The lowest BCUT2D eigenvalue weighted by Gasteiger charge is -1.95. The van der Waals surface area contributed by atoms with Crippen LogP contribution in [-0.4, -0.2) is 16.2 Å². The van der Waals surface area contributed by atoms with Gasteiger partial charge in [0.25, 0.3) is 5.89 Å². The molecule has 0 aliphatic heterocycles. The number of nitrogens with one attached hydrogen (secondary N) is 1. The molecule has 0 radical (unpaired) electrons. The molecule has 1 fully saturated rings. The normalized spacial score (nSPS) is 15.2. The van der Waals surface area contributed by atoms with Gasteiger partial charge in [-0.3, -0.25) is 0 Å². The number of aromatic nitrogens is 2. The van der Waals surface area contributed by atoms with Gasteiger partial charge in [0.1, 0.15) is 5.58 Å². The fourth-order valence-corrected chi connectivity index (χ4v) is 2.03. The second-order valence-electron chi connectivity index (χ2n) is 4.80. The van der Waals surface area contributed by atoms with E-state index in [1.807, 2.05) is 30.3 Å². The average molecular weight is 255 g/mol. The molecule has 96 valence electrons. The smallest absolute Gasteiger partial charge is 0.283 e. The highest BCUT2D eigenvalue weighted by atomic mass is 16.4. The van der Waals surface area contributed by atoms with E-state index >= 15 is 0 Å². The zero-order chi connectivity index (χ0) is 12.7. The summed E-state index contributed by atoms with van der Waals surface area (Å²) < 4.78 is 11.3. The summed E-state index contributed by atoms with van der Waals surface area (Å²) >= 11 is 0. The van der Waals surface area contributed by atoms with Crippen molar-refractivity contribution in [3.05, 3.63) is 36.2 Å². The Hall–Kier alpha value is -2.14. The van der Waals surface area contributed by atoms with E-state index in [0.717, 1.165) is 11.0 Å². The molecular formula is C14H13N3O2. The van der Waals surface area contributed by atoms with E-state index in [0.29, 0.717) is 30.1 Å². The summed E-state index contributed by atoms with van der Waals surface area (Å²) in [6, 6.07) is 10.4. The third kappa shape index (κ3) is 2.13. The molecule has 19 heavy (non-hydrogen) atoms. The maximum absolute atomic E-state index is 5.69. The van der Waals surface area contributed by atoms with Crippen molar-refractivity contribution >= 4 is 11.0 Å². The highest BCUT2D eigenvalue weighted by Crippen LogP contribution is 2.26. The molecule has 4 rings (SSSR count). The standard InChI is InChI=1S/C14H13N3O2/c1-2-4-11-9(3-1)7-12(18-11)14-17-16-13(19-14)8-15-10-5-6-10/h1-4,7,10,15H,5-6,8H2. The number of nitrogens with zero attached hydrogens (tertiary/aromatic N) is 2. The van der Waals surface area contributed by atoms with Gasteiger partial charge in [-0.1, -0.05) is 18.2 Å². The zero-order valence-electron chi connectivity index (χ0n) is 10.3. The summed E-state index contributed by atoms with van der Waals surface area (Å²) in [5.41, 5.74) is 0.827. The van der Waals surface area contributed by atoms with E-state index < -0.39 is 0 Å². The zero-order valence-corrected chi connectivity index (χ0v) is 10.3. The molecule has 1 aromatic carbocycles. The lowest BCUT2D eigenvalue weighted by Crippen LogP contribution is -2.15. The van der Waals surface area contributed by atoms with Crippen molar-refractivity contribution in [3.8, 4) is 11.7 Å². The van der Waals surface area contributed by atoms with Crippen LogP contribution >= 0.6 is 0 Å². The second-order valence-corrected chi connectivity index (χ2v) is 4.80. The third-order valence-corrected chi connectivity index (χ3v) is 3.22. The minimum absolute atomic E-state index is 0.434. The Kier molecular flexibility index (Phi) is 2.38. The number of rotatable bonds is 4. The van der Waals surface area contributed by atoms with E-state index in [9.17, 15) is 0 Å². The van der Waals surface area contributed by atoms with Crippen LogP contribution in [0.25, 0.3) is 22.6 Å². The van der Waals surface area contributed by atoms with Gasteiger partial charge >= 0.3 is 0 Å². The molecule has 1 saturated carbocycles. The Morgan fingerprint density at radius 1 is 1.16 bits per heavy atom. The summed E-state index contributed by atoms with van der Waals surface area (Å²) in [6.07, 6.45) is 2.48. The first kappa shape index (κ1) is 10.8. The van der Waals surface area contributed by atoms with Crippen LogP contribution in [0.3, 0.4) is 0 Å². The number of benzene rings is 1. The Labute approximate surface area is 109 Å². The molecule has 0 bridgehead atoms. The van der Waals surface area contributed by atoms with Gasteiger partial charge in [-0.2, -0.15) is 0 Å². The van der Waals surface area contributed by atoms with Crippen LogP contribution in [0.4, 0.5) is 0 Å². The van der Waals surface area contributed by atoms with Gasteiger partial charge in [0.15, 0.2) is 5.76 Å². The fourth-order valence-electron chi connectivity index (χ4n) is 2.03. The molecule has 2 aromatic heterocycles. The lowest BCUT2D eigenvalue weighted by atomic mass is 10.2. The van der Waals surface area contributed by atoms with Crippen molar-refractivity contribution < 1.29 is 8.83 Å². The van der Waals surface area contributed by atoms with Gasteiger partial charge < -0.3 is 14.2 Å². The van der Waals surface area contributed by atoms with E-state index in [1.165, 1.54) is 12.8 Å². The summed E-state index contributed by atoms with van der Waals surface area (Å²) in [5.74, 6) is 1.65. The van der Waals surface area contributed by atoms with E-state index in [2.05, 4.69) is 15.5 Å². The van der Waals surface area contributed by atoms with E-state index in [4.69, 9.17) is 8.83 Å². The molecule has 1 N–H and O–H groups in total. The Morgan fingerprint density at radius 3 is 2.89 bits per heavy atom. The first-order valence-corrected chi connectivity index (χ1v) is 6.43. The second kappa shape index (κ2) is 4.20. The molecule has 5 nitrogen and oxygen atoms in total. The molecule has 5 heteroatoms. The van der Waals surface area contributed by atoms with Crippen LogP contribution in [0.1, 0.15) is 18.7 Å². The van der Waals surface area contributed by atoms with Crippen LogP contribution in [0.2, 0.25) is 0 Å². The highest BCUT2D eigenvalue weighted by molar-refractivity contribution is 5.81. The van der Waals surface area contributed by atoms with Gasteiger partial charge in [-0.25, -0.2) is 0 Å². The van der Waals surface area contributed by atoms with Crippen LogP contribution < -0.4 is 5.32 Å². The maximum atomic E-state index is 5.69. The molecule has 2 heterocycles. The third-order valence-electron chi connectivity index (χ3n) is 3.22. The molecule has 0 spiro atoms. The van der Waals surface area contributed by atoms with Crippen LogP contribution in [0.15, 0.2) is 39.2 Å². The highest BCUT2D eigenvalue weighted by Gasteiger charge is 2.21. The van der Waals surface area contributed by atoms with Crippen molar-refractivity contribution in [2.45, 2.75) is 25.4 Å². The van der Waals surface area contributed by atoms with Crippen LogP contribution in [-0.2, 0) is 6.54 Å². The van der Waals surface area contributed by atoms with Crippen molar-refractivity contribution in [3.63, 3.8) is 0 Å². The monoisotopic (exact) mass is 255 g/mol. The molecular weight excluding hydrogens is 242 g/mol. The SMILES string of the molecule is c1ccc2oc(-c3nnc(CNC4CC4)o3)cc2c1. The van der Waals surface area contributed by atoms with Crippen LogP contribution in [0, 0.1) is 0 Å². The van der Waals surface area contributed by atoms with Crippen molar-refractivity contribution in [1.82, 2.24) is 15.5 Å². The Balaban J connectivity index is 1.60. The predicted octanol–water partition coefficient (Wildman–Crippen LogP) is 2.73. The van der Waals surface area contributed by atoms with Crippen molar-refractivity contribution in [2.24, 2.45) is 0 Å². The van der Waals surface area contributed by atoms with Gasteiger partial charge in [-0.15, -0.1) is 10.2 Å². The summed E-state index contributed by atoms with van der Waals surface area (Å²) in [6.45, 7) is 0.623. The van der Waals surface area contributed by atoms with E-state index in [1.54, 1.807) is 0 Å². The molecule has 1 aliphatic rings. The van der Waals surface area contributed by atoms with Crippen molar-refractivity contribution in [2.75, 3.05) is 0 Å². The largest absolute Gasteiger partial charge is 0.451 e. The number of fused-ring (bicyclic) bond motifs is 1. The molecule has 0 saturated heterocycles. The minimum Gasteiger partial charge on any atom is -0.451 e. The molecule has 0 amide bonds. The fraction of sp³-hybridized carbons (Fsp3) is 0.286. The average Bonchev–Trinajstić information content (AvgIpc) is 2.99. The predicted molar refractivity (Wildman–Crippen MR) is 69.4 cm³/mol. The van der Waals surface area contributed by atoms with Gasteiger partial charge in [-0.05, 0) is 25.0 Å². The van der Waals surface area contributed by atoms with Gasteiger partial charge in [0.2, 0.25) is 5.89 Å². The van der Waals surface area contributed by atoms with Gasteiger partial charge in [0, 0.05) is 11.4 Å². The number of hydrogen-bond donors (Lipinski definition) is 1. The number of furan rings is 1. The maximum Gasteiger partial charge on any atom is 0.283 e. The van der Waals surface area contributed by atoms with Crippen LogP contribution in [0.5, 0.6) is 0 Å². The lowest BCUT2D eigenvalue weighted by molar-refractivity contribution is 0.464. The first-order chi connectivity index (χ1) is 9.38. The van der Waals surface area contributed by atoms with Crippen molar-refractivity contribution in [1.29, 1.82) is 0 Å². The summed E-state index contributed by atoms with van der Waals surface area (Å²) in [4.78, 5) is 0. The topological polar surface area (TPSA) is 64.1 Å². The minimum atomic E-state index is 0.434. The van der Waals surface area contributed by atoms with Gasteiger partial charge in [0.05, 0.1) is 6.54 Å². The summed E-state index contributed by atoms with van der Waals surface area (Å²) in [5, 5.41) is 12.4. The Bertz CT molecular complexity index is 679. The van der Waals surface area contributed by atoms with E-state index in [-0.39, 0.29) is 0 Å². The molecule has 0 unspecified atom stereocenters. The number of para-hydroxylation sites is 1. The summed E-state index contributed by atoms with van der Waals surface area (Å²) in [7, 11) is 0. The molecule has 1 aliphatic carbocycles.